The highest BCUT2D eigenvalue weighted by Crippen LogP contribution is 1.95. The van der Waals surface area contributed by atoms with Gasteiger partial charge in [-0.05, 0) is 12.3 Å². The molecule has 37 valence electrons. The minimum atomic E-state index is -0.294. The Labute approximate surface area is 38.4 Å². The third-order valence-corrected chi connectivity index (χ3v) is 0.560. The molecule has 1 radical (unpaired) electrons. The van der Waals surface area contributed by atoms with Gasteiger partial charge in [-0.3, -0.25) is 4.39 Å². The van der Waals surface area contributed by atoms with Gasteiger partial charge in [0.2, 0.25) is 0 Å². The molecule has 1 heteroatoms. The summed E-state index contributed by atoms with van der Waals surface area (Å²) in [5, 5.41) is 0. The summed E-state index contributed by atoms with van der Waals surface area (Å²) in [5.74, 6) is 0.398. The van der Waals surface area contributed by atoms with Crippen LogP contribution in [0, 0.1) is 12.3 Å². The Morgan fingerprint density at radius 1 is 1.67 bits per heavy atom. The predicted octanol–water partition coefficient (Wildman–Crippen LogP) is 1.82. The van der Waals surface area contributed by atoms with Gasteiger partial charge < -0.3 is 0 Å². The van der Waals surface area contributed by atoms with Crippen molar-refractivity contribution in [2.45, 2.75) is 13.8 Å². The Morgan fingerprint density at radius 2 is 2.17 bits per heavy atom. The molecule has 0 nitrogen and oxygen atoms in total. The van der Waals surface area contributed by atoms with Crippen LogP contribution < -0.4 is 0 Å². The minimum absolute atomic E-state index is 0.294. The highest BCUT2D eigenvalue weighted by Gasteiger charge is 1.88. The second-order valence-electron chi connectivity index (χ2n) is 1.63. The first kappa shape index (κ1) is 5.93. The van der Waals surface area contributed by atoms with Gasteiger partial charge in [0.15, 0.2) is 0 Å². The third kappa shape index (κ3) is 3.93. The highest BCUT2D eigenvalue weighted by atomic mass is 19.1. The van der Waals surface area contributed by atoms with Crippen molar-refractivity contribution in [1.29, 1.82) is 0 Å². The van der Waals surface area contributed by atoms with Crippen LogP contribution in [0.15, 0.2) is 0 Å². The average molecular weight is 89.1 g/mol. The SMILES string of the molecule is CC(C)[CH]CF. The van der Waals surface area contributed by atoms with E-state index in [1.807, 2.05) is 13.8 Å². The zero-order valence-corrected chi connectivity index (χ0v) is 4.24. The zero-order chi connectivity index (χ0) is 4.99. The summed E-state index contributed by atoms with van der Waals surface area (Å²) in [5.41, 5.74) is 0. The lowest BCUT2D eigenvalue weighted by Crippen LogP contribution is -1.87. The van der Waals surface area contributed by atoms with Crippen LogP contribution in [0.25, 0.3) is 0 Å². The van der Waals surface area contributed by atoms with E-state index >= 15 is 0 Å². The smallest absolute Gasteiger partial charge is 0.0928 e. The van der Waals surface area contributed by atoms with Gasteiger partial charge >= 0.3 is 0 Å². The van der Waals surface area contributed by atoms with Gasteiger partial charge in [0, 0.05) is 0 Å². The molecule has 0 spiro atoms. The number of hydrogen-bond acceptors (Lipinski definition) is 0. The summed E-state index contributed by atoms with van der Waals surface area (Å²) in [7, 11) is 0. The second-order valence-corrected chi connectivity index (χ2v) is 1.63. The van der Waals surface area contributed by atoms with E-state index in [9.17, 15) is 4.39 Å². The first-order chi connectivity index (χ1) is 2.77. The van der Waals surface area contributed by atoms with Crippen molar-refractivity contribution in [2.24, 2.45) is 5.92 Å². The third-order valence-electron chi connectivity index (χ3n) is 0.560. The molecule has 0 saturated heterocycles. The van der Waals surface area contributed by atoms with Crippen LogP contribution in [0.2, 0.25) is 0 Å². The first-order valence-corrected chi connectivity index (χ1v) is 2.16. The average Bonchev–Trinajstić information content (AvgIpc) is 1.35. The lowest BCUT2D eigenvalue weighted by atomic mass is 10.2. The molecule has 0 unspecified atom stereocenters. The maximum absolute atomic E-state index is 11.2. The lowest BCUT2D eigenvalue weighted by Gasteiger charge is -1.93. The molecule has 0 aromatic carbocycles. The van der Waals surface area contributed by atoms with Crippen molar-refractivity contribution in [3.05, 3.63) is 6.42 Å². The van der Waals surface area contributed by atoms with Crippen molar-refractivity contribution in [1.82, 2.24) is 0 Å². The number of alkyl halides is 1. The highest BCUT2D eigenvalue weighted by molar-refractivity contribution is 4.65. The Kier molecular flexibility index (Phi) is 3.10. The van der Waals surface area contributed by atoms with E-state index in [0.717, 1.165) is 0 Å². The number of hydrogen-bond donors (Lipinski definition) is 0. The van der Waals surface area contributed by atoms with Gasteiger partial charge in [0.1, 0.15) is 0 Å². The van der Waals surface area contributed by atoms with E-state index < -0.39 is 0 Å². The molecule has 0 aliphatic carbocycles. The maximum atomic E-state index is 11.2. The van der Waals surface area contributed by atoms with E-state index in [4.69, 9.17) is 0 Å². The minimum Gasteiger partial charge on any atom is -0.251 e. The van der Waals surface area contributed by atoms with Gasteiger partial charge in [0.05, 0.1) is 6.67 Å². The molecule has 0 aromatic rings. The summed E-state index contributed by atoms with van der Waals surface area (Å²) < 4.78 is 11.2. The molecule has 0 aliphatic rings. The van der Waals surface area contributed by atoms with Gasteiger partial charge in [-0.25, -0.2) is 0 Å². The topological polar surface area (TPSA) is 0 Å². The van der Waals surface area contributed by atoms with Crippen LogP contribution in [0.5, 0.6) is 0 Å². The molecular weight excluding hydrogens is 79.1 g/mol. The van der Waals surface area contributed by atoms with Crippen LogP contribution in [0.1, 0.15) is 13.8 Å². The monoisotopic (exact) mass is 89.1 g/mol. The van der Waals surface area contributed by atoms with E-state index in [1.165, 1.54) is 0 Å². The largest absolute Gasteiger partial charge is 0.251 e. The fourth-order valence-electron chi connectivity index (χ4n) is 0.178. The standard InChI is InChI=1S/C5H10F/c1-5(2)3-4-6/h3,5H,4H2,1-2H3. The Bertz CT molecular complexity index is 25.1. The molecule has 0 atom stereocenters. The lowest BCUT2D eigenvalue weighted by molar-refractivity contribution is 0.503. The maximum Gasteiger partial charge on any atom is 0.0928 e. The predicted molar refractivity (Wildman–Crippen MR) is 25.1 cm³/mol. The van der Waals surface area contributed by atoms with Crippen molar-refractivity contribution in [3.8, 4) is 0 Å². The van der Waals surface area contributed by atoms with Crippen molar-refractivity contribution in [2.75, 3.05) is 6.67 Å². The Hall–Kier alpha value is -0.0700. The normalized spacial score (nSPS) is 10.0. The molecule has 0 rings (SSSR count). The molecule has 0 aliphatic heterocycles. The summed E-state index contributed by atoms with van der Waals surface area (Å²) in [6.07, 6.45) is 1.62. The zero-order valence-electron chi connectivity index (χ0n) is 4.24. The number of rotatable bonds is 2. The van der Waals surface area contributed by atoms with E-state index in [0.29, 0.717) is 5.92 Å². The Balaban J connectivity index is 2.63. The van der Waals surface area contributed by atoms with Crippen LogP contribution >= 0.6 is 0 Å². The van der Waals surface area contributed by atoms with Crippen molar-refractivity contribution >= 4 is 0 Å². The van der Waals surface area contributed by atoms with Gasteiger partial charge in [0.25, 0.3) is 0 Å². The quantitative estimate of drug-likeness (QED) is 0.484. The molecule has 6 heavy (non-hydrogen) atoms. The fraction of sp³-hybridized carbons (Fsp3) is 0.800. The van der Waals surface area contributed by atoms with Crippen LogP contribution in [-0.4, -0.2) is 6.67 Å². The Morgan fingerprint density at radius 3 is 2.17 bits per heavy atom. The van der Waals surface area contributed by atoms with Crippen LogP contribution in [-0.2, 0) is 0 Å². The molecule has 0 amide bonds. The molecule has 0 aromatic heterocycles. The van der Waals surface area contributed by atoms with Gasteiger partial charge in [-0.15, -0.1) is 0 Å². The summed E-state index contributed by atoms with van der Waals surface area (Å²) in [6, 6.07) is 0. The molecule has 0 bridgehead atoms. The molecular formula is C5H10F. The first-order valence-electron chi connectivity index (χ1n) is 2.16. The molecule has 0 heterocycles. The molecule has 0 saturated carbocycles. The van der Waals surface area contributed by atoms with E-state index in [-0.39, 0.29) is 6.67 Å². The summed E-state index contributed by atoms with van der Waals surface area (Å²) in [4.78, 5) is 0. The fourth-order valence-corrected chi connectivity index (χ4v) is 0.178. The number of halogens is 1. The van der Waals surface area contributed by atoms with Crippen LogP contribution in [0.4, 0.5) is 4.39 Å². The van der Waals surface area contributed by atoms with E-state index in [1.54, 1.807) is 6.42 Å². The molecule has 0 fully saturated rings. The second kappa shape index (κ2) is 3.13. The summed E-state index contributed by atoms with van der Waals surface area (Å²) >= 11 is 0. The van der Waals surface area contributed by atoms with Crippen molar-refractivity contribution in [3.63, 3.8) is 0 Å². The van der Waals surface area contributed by atoms with Crippen LogP contribution in [0.3, 0.4) is 0 Å². The molecule has 0 N–H and O–H groups in total. The van der Waals surface area contributed by atoms with E-state index in [2.05, 4.69) is 0 Å². The summed E-state index contributed by atoms with van der Waals surface area (Å²) in [6.45, 7) is 3.62. The van der Waals surface area contributed by atoms with Crippen molar-refractivity contribution < 1.29 is 4.39 Å². The van der Waals surface area contributed by atoms with Gasteiger partial charge in [-0.2, -0.15) is 0 Å². The van der Waals surface area contributed by atoms with Gasteiger partial charge in [-0.1, -0.05) is 13.8 Å².